The van der Waals surface area contributed by atoms with Crippen LogP contribution in [-0.2, 0) is 14.3 Å². The molecule has 1 aromatic rings. The average Bonchev–Trinajstić information content (AvgIpc) is 2.83. The SMILES string of the molecule is COC(=O)C=C(c1ccccc1)N1CCCC1=O. The fraction of sp³-hybridized carbons (Fsp3) is 0.286. The number of nitrogens with zero attached hydrogens (tertiary/aromatic N) is 1. The van der Waals surface area contributed by atoms with Crippen molar-refractivity contribution < 1.29 is 14.3 Å². The fourth-order valence-corrected chi connectivity index (χ4v) is 2.00. The van der Waals surface area contributed by atoms with E-state index in [2.05, 4.69) is 4.74 Å². The smallest absolute Gasteiger partial charge is 0.332 e. The van der Waals surface area contributed by atoms with E-state index in [1.807, 2.05) is 30.3 Å². The molecular formula is C14H15NO3. The standard InChI is InChI=1S/C14H15NO3/c1-18-14(17)10-12(11-6-3-2-4-7-11)15-9-5-8-13(15)16/h2-4,6-7,10H,5,8-9H2,1H3. The van der Waals surface area contributed by atoms with Crippen molar-refractivity contribution in [3.05, 3.63) is 42.0 Å². The Morgan fingerprint density at radius 3 is 2.61 bits per heavy atom. The molecule has 0 aliphatic carbocycles. The summed E-state index contributed by atoms with van der Waals surface area (Å²) in [6.07, 6.45) is 2.73. The molecule has 1 fully saturated rings. The maximum absolute atomic E-state index is 11.8. The predicted molar refractivity (Wildman–Crippen MR) is 67.4 cm³/mol. The Kier molecular flexibility index (Phi) is 3.77. The Morgan fingerprint density at radius 2 is 2.06 bits per heavy atom. The first-order valence-corrected chi connectivity index (χ1v) is 5.88. The molecule has 1 amide bonds. The monoisotopic (exact) mass is 245 g/mol. The van der Waals surface area contributed by atoms with Crippen molar-refractivity contribution in [3.63, 3.8) is 0 Å². The van der Waals surface area contributed by atoms with Gasteiger partial charge < -0.3 is 9.64 Å². The van der Waals surface area contributed by atoms with Gasteiger partial charge in [-0.1, -0.05) is 30.3 Å². The van der Waals surface area contributed by atoms with Crippen LogP contribution in [0.3, 0.4) is 0 Å². The summed E-state index contributed by atoms with van der Waals surface area (Å²) in [5.74, 6) is -0.400. The minimum absolute atomic E-state index is 0.0500. The zero-order chi connectivity index (χ0) is 13.0. The van der Waals surface area contributed by atoms with E-state index in [0.29, 0.717) is 18.7 Å². The molecular weight excluding hydrogens is 230 g/mol. The lowest BCUT2D eigenvalue weighted by Crippen LogP contribution is -2.23. The van der Waals surface area contributed by atoms with Gasteiger partial charge in [0.15, 0.2) is 0 Å². The zero-order valence-corrected chi connectivity index (χ0v) is 10.3. The molecule has 4 heteroatoms. The second-order valence-electron chi connectivity index (χ2n) is 4.07. The topological polar surface area (TPSA) is 46.6 Å². The van der Waals surface area contributed by atoms with Gasteiger partial charge in [-0.25, -0.2) is 4.79 Å². The van der Waals surface area contributed by atoms with Crippen molar-refractivity contribution in [3.8, 4) is 0 Å². The van der Waals surface area contributed by atoms with Gasteiger partial charge in [-0.3, -0.25) is 4.79 Å². The van der Waals surface area contributed by atoms with Crippen molar-refractivity contribution in [2.75, 3.05) is 13.7 Å². The van der Waals surface area contributed by atoms with E-state index in [-0.39, 0.29) is 5.91 Å². The highest BCUT2D eigenvalue weighted by molar-refractivity contribution is 5.96. The third-order valence-corrected chi connectivity index (χ3v) is 2.89. The third kappa shape index (κ3) is 2.59. The Bertz CT molecular complexity index is 479. The molecule has 4 nitrogen and oxygen atoms in total. The Morgan fingerprint density at radius 1 is 1.33 bits per heavy atom. The third-order valence-electron chi connectivity index (χ3n) is 2.89. The second-order valence-corrected chi connectivity index (χ2v) is 4.07. The van der Waals surface area contributed by atoms with Crippen LogP contribution in [0.2, 0.25) is 0 Å². The summed E-state index contributed by atoms with van der Waals surface area (Å²) in [7, 11) is 1.33. The van der Waals surface area contributed by atoms with Crippen molar-refractivity contribution >= 4 is 17.6 Å². The van der Waals surface area contributed by atoms with Gasteiger partial charge in [0.25, 0.3) is 0 Å². The molecule has 0 bridgehead atoms. The molecule has 1 saturated heterocycles. The van der Waals surface area contributed by atoms with Crippen LogP contribution in [-0.4, -0.2) is 30.4 Å². The van der Waals surface area contributed by atoms with E-state index in [4.69, 9.17) is 0 Å². The number of carbonyl (C=O) groups excluding carboxylic acids is 2. The molecule has 1 aliphatic rings. The lowest BCUT2D eigenvalue weighted by Gasteiger charge is -2.19. The van der Waals surface area contributed by atoms with Crippen molar-refractivity contribution in [1.82, 2.24) is 4.90 Å². The van der Waals surface area contributed by atoms with Gasteiger partial charge in [-0.05, 0) is 12.0 Å². The van der Waals surface area contributed by atoms with Crippen molar-refractivity contribution in [2.45, 2.75) is 12.8 Å². The van der Waals surface area contributed by atoms with Gasteiger partial charge in [0.1, 0.15) is 0 Å². The van der Waals surface area contributed by atoms with Gasteiger partial charge in [0.05, 0.1) is 12.8 Å². The summed E-state index contributed by atoms with van der Waals surface area (Å²) < 4.78 is 4.64. The summed E-state index contributed by atoms with van der Waals surface area (Å²) in [5.41, 5.74) is 1.46. The molecule has 94 valence electrons. The highest BCUT2D eigenvalue weighted by Gasteiger charge is 2.25. The van der Waals surface area contributed by atoms with Gasteiger partial charge in [-0.15, -0.1) is 0 Å². The largest absolute Gasteiger partial charge is 0.466 e. The average molecular weight is 245 g/mol. The maximum atomic E-state index is 11.8. The molecule has 1 aliphatic heterocycles. The van der Waals surface area contributed by atoms with Gasteiger partial charge >= 0.3 is 5.97 Å². The van der Waals surface area contributed by atoms with Gasteiger partial charge in [0.2, 0.25) is 5.91 Å². The molecule has 2 rings (SSSR count). The molecule has 0 radical (unpaired) electrons. The summed E-state index contributed by atoms with van der Waals surface area (Å²) in [5, 5.41) is 0. The van der Waals surface area contributed by atoms with E-state index < -0.39 is 5.97 Å². The number of ether oxygens (including phenoxy) is 1. The molecule has 1 aromatic carbocycles. The lowest BCUT2D eigenvalue weighted by molar-refractivity contribution is -0.134. The number of likely N-dealkylation sites (tertiary alicyclic amines) is 1. The summed E-state index contributed by atoms with van der Waals surface area (Å²) in [6, 6.07) is 9.40. The van der Waals surface area contributed by atoms with Gasteiger partial charge in [0, 0.05) is 19.0 Å². The molecule has 0 unspecified atom stereocenters. The number of rotatable bonds is 3. The Hall–Kier alpha value is -2.10. The Balaban J connectivity index is 2.38. The molecule has 0 aromatic heterocycles. The first kappa shape index (κ1) is 12.4. The minimum atomic E-state index is -0.450. The molecule has 0 spiro atoms. The lowest BCUT2D eigenvalue weighted by atomic mass is 10.1. The highest BCUT2D eigenvalue weighted by Crippen LogP contribution is 2.24. The summed E-state index contributed by atoms with van der Waals surface area (Å²) in [4.78, 5) is 24.9. The number of esters is 1. The number of hydrogen-bond acceptors (Lipinski definition) is 3. The van der Waals surface area contributed by atoms with Crippen molar-refractivity contribution in [1.29, 1.82) is 0 Å². The van der Waals surface area contributed by atoms with Crippen LogP contribution in [0.5, 0.6) is 0 Å². The number of hydrogen-bond donors (Lipinski definition) is 0. The van der Waals surface area contributed by atoms with Crippen LogP contribution in [0.4, 0.5) is 0 Å². The fourth-order valence-electron chi connectivity index (χ4n) is 2.00. The second kappa shape index (κ2) is 5.49. The first-order chi connectivity index (χ1) is 8.72. The summed E-state index contributed by atoms with van der Waals surface area (Å²) in [6.45, 7) is 0.649. The van der Waals surface area contributed by atoms with E-state index in [1.54, 1.807) is 4.90 Å². The highest BCUT2D eigenvalue weighted by atomic mass is 16.5. The van der Waals surface area contributed by atoms with E-state index in [1.165, 1.54) is 13.2 Å². The molecule has 1 heterocycles. The normalized spacial score (nSPS) is 15.9. The van der Waals surface area contributed by atoms with Crippen LogP contribution in [0.15, 0.2) is 36.4 Å². The summed E-state index contributed by atoms with van der Waals surface area (Å²) >= 11 is 0. The molecule has 0 atom stereocenters. The number of benzene rings is 1. The number of amides is 1. The molecule has 18 heavy (non-hydrogen) atoms. The zero-order valence-electron chi connectivity index (χ0n) is 10.3. The van der Waals surface area contributed by atoms with Crippen LogP contribution >= 0.6 is 0 Å². The molecule has 0 N–H and O–H groups in total. The Labute approximate surface area is 106 Å². The van der Waals surface area contributed by atoms with E-state index >= 15 is 0 Å². The minimum Gasteiger partial charge on any atom is -0.466 e. The van der Waals surface area contributed by atoms with Crippen LogP contribution in [0.25, 0.3) is 5.70 Å². The van der Waals surface area contributed by atoms with Crippen molar-refractivity contribution in [2.24, 2.45) is 0 Å². The van der Waals surface area contributed by atoms with Crippen LogP contribution in [0, 0.1) is 0 Å². The first-order valence-electron chi connectivity index (χ1n) is 5.88. The van der Waals surface area contributed by atoms with Gasteiger partial charge in [-0.2, -0.15) is 0 Å². The quantitative estimate of drug-likeness (QED) is 0.603. The maximum Gasteiger partial charge on any atom is 0.332 e. The molecule has 0 saturated carbocycles. The number of carbonyl (C=O) groups is 2. The predicted octanol–water partition coefficient (Wildman–Crippen LogP) is 1.82. The van der Waals surface area contributed by atoms with Crippen LogP contribution in [0.1, 0.15) is 18.4 Å². The van der Waals surface area contributed by atoms with Crippen LogP contribution < -0.4 is 0 Å². The number of methoxy groups -OCH3 is 1. The van der Waals surface area contributed by atoms with E-state index in [0.717, 1.165) is 12.0 Å². The van der Waals surface area contributed by atoms with E-state index in [9.17, 15) is 9.59 Å².